The summed E-state index contributed by atoms with van der Waals surface area (Å²) in [5.41, 5.74) is 1.27. The fourth-order valence-electron chi connectivity index (χ4n) is 2.84. The van der Waals surface area contributed by atoms with Crippen molar-refractivity contribution in [2.45, 2.75) is 51.1 Å². The van der Waals surface area contributed by atoms with E-state index in [0.717, 1.165) is 12.8 Å². The van der Waals surface area contributed by atoms with Crippen molar-refractivity contribution in [1.82, 2.24) is 5.32 Å². The molecule has 1 aliphatic rings. The number of hydrogen-bond donors (Lipinski definition) is 1. The second-order valence-corrected chi connectivity index (χ2v) is 7.95. The van der Waals surface area contributed by atoms with Gasteiger partial charge in [0.15, 0.2) is 9.84 Å². The lowest BCUT2D eigenvalue weighted by Gasteiger charge is -2.23. The normalized spacial score (nSPS) is 22.8. The van der Waals surface area contributed by atoms with Gasteiger partial charge in [0, 0.05) is 12.1 Å². The Labute approximate surface area is 122 Å². The third-order valence-electron chi connectivity index (χ3n) is 3.97. The zero-order chi connectivity index (χ0) is 14.4. The Morgan fingerprint density at radius 1 is 1.25 bits per heavy atom. The molecule has 0 aromatic heterocycles. The monoisotopic (exact) mass is 295 g/mol. The van der Waals surface area contributed by atoms with E-state index in [4.69, 9.17) is 0 Å². The first kappa shape index (κ1) is 15.5. The summed E-state index contributed by atoms with van der Waals surface area (Å²) in [6.07, 6.45) is 5.45. The fraction of sp³-hybridized carbons (Fsp3) is 0.625. The minimum atomic E-state index is -2.81. The van der Waals surface area contributed by atoms with Gasteiger partial charge in [-0.15, -0.1) is 0 Å². The lowest BCUT2D eigenvalue weighted by atomic mass is 9.99. The number of benzene rings is 1. The van der Waals surface area contributed by atoms with Gasteiger partial charge in [-0.3, -0.25) is 0 Å². The minimum Gasteiger partial charge on any atom is -0.306 e. The Balaban J connectivity index is 1.99. The highest BCUT2D eigenvalue weighted by Crippen LogP contribution is 2.23. The Morgan fingerprint density at radius 2 is 2.00 bits per heavy atom. The summed E-state index contributed by atoms with van der Waals surface area (Å²) in [4.78, 5) is 0. The molecular weight excluding hydrogens is 270 g/mol. The quantitative estimate of drug-likeness (QED) is 0.786. The maximum atomic E-state index is 11.6. The van der Waals surface area contributed by atoms with Gasteiger partial charge in [0.05, 0.1) is 11.5 Å². The average Bonchev–Trinajstić information content (AvgIpc) is 2.78. The number of sulfone groups is 1. The Bertz CT molecular complexity index is 498. The summed E-state index contributed by atoms with van der Waals surface area (Å²) in [5, 5.41) is 3.57. The number of unbranched alkanes of at least 4 members (excludes halogenated alkanes) is 2. The van der Waals surface area contributed by atoms with E-state index in [2.05, 4.69) is 36.5 Å². The van der Waals surface area contributed by atoms with Gasteiger partial charge in [0.25, 0.3) is 0 Å². The first-order valence-electron chi connectivity index (χ1n) is 7.62. The molecule has 0 spiro atoms. The molecule has 1 fully saturated rings. The van der Waals surface area contributed by atoms with Crippen molar-refractivity contribution in [3.8, 4) is 0 Å². The van der Waals surface area contributed by atoms with E-state index in [1.54, 1.807) is 0 Å². The van der Waals surface area contributed by atoms with Crippen LogP contribution in [0.3, 0.4) is 0 Å². The maximum Gasteiger partial charge on any atom is 0.151 e. The molecule has 0 bridgehead atoms. The van der Waals surface area contributed by atoms with Crippen molar-refractivity contribution in [2.75, 3.05) is 11.5 Å². The molecular formula is C16H25NO2S. The largest absolute Gasteiger partial charge is 0.306 e. The predicted octanol–water partition coefficient (Wildman–Crippen LogP) is 3.08. The Morgan fingerprint density at radius 3 is 2.60 bits per heavy atom. The fourth-order valence-corrected chi connectivity index (χ4v) is 4.53. The molecule has 1 heterocycles. The van der Waals surface area contributed by atoms with Gasteiger partial charge in [0.1, 0.15) is 0 Å². The molecule has 3 nitrogen and oxygen atoms in total. The van der Waals surface area contributed by atoms with Gasteiger partial charge in [-0.05, 0) is 18.4 Å². The molecule has 2 atom stereocenters. The van der Waals surface area contributed by atoms with Gasteiger partial charge in [0.2, 0.25) is 0 Å². The van der Waals surface area contributed by atoms with E-state index >= 15 is 0 Å². The third kappa shape index (κ3) is 4.60. The van der Waals surface area contributed by atoms with E-state index < -0.39 is 9.84 Å². The summed E-state index contributed by atoms with van der Waals surface area (Å²) >= 11 is 0. The zero-order valence-corrected chi connectivity index (χ0v) is 13.0. The van der Waals surface area contributed by atoms with E-state index in [1.807, 2.05) is 6.07 Å². The first-order valence-corrected chi connectivity index (χ1v) is 9.44. The Kier molecular flexibility index (Phi) is 5.61. The van der Waals surface area contributed by atoms with Crippen LogP contribution >= 0.6 is 0 Å². The summed E-state index contributed by atoms with van der Waals surface area (Å²) in [6.45, 7) is 2.20. The van der Waals surface area contributed by atoms with Crippen molar-refractivity contribution in [3.05, 3.63) is 35.9 Å². The number of hydrogen-bond acceptors (Lipinski definition) is 3. The summed E-state index contributed by atoms with van der Waals surface area (Å²) in [5.74, 6) is 0.630. The van der Waals surface area contributed by atoms with Crippen LogP contribution in [0.2, 0.25) is 0 Å². The van der Waals surface area contributed by atoms with Crippen LogP contribution in [0.25, 0.3) is 0 Å². The molecule has 0 amide bonds. The molecule has 1 aromatic carbocycles. The maximum absolute atomic E-state index is 11.6. The first-order chi connectivity index (χ1) is 9.61. The molecule has 20 heavy (non-hydrogen) atoms. The van der Waals surface area contributed by atoms with E-state index in [1.165, 1.54) is 24.8 Å². The van der Waals surface area contributed by atoms with Gasteiger partial charge in [-0.25, -0.2) is 8.42 Å². The van der Waals surface area contributed by atoms with Crippen molar-refractivity contribution in [1.29, 1.82) is 0 Å². The predicted molar refractivity (Wildman–Crippen MR) is 83.5 cm³/mol. The van der Waals surface area contributed by atoms with Crippen molar-refractivity contribution < 1.29 is 8.42 Å². The van der Waals surface area contributed by atoms with E-state index in [-0.39, 0.29) is 12.1 Å². The molecule has 1 aliphatic heterocycles. The van der Waals surface area contributed by atoms with Crippen LogP contribution in [-0.2, 0) is 9.84 Å². The number of rotatable bonds is 7. The van der Waals surface area contributed by atoms with Crippen molar-refractivity contribution in [2.24, 2.45) is 0 Å². The zero-order valence-electron chi connectivity index (χ0n) is 12.2. The van der Waals surface area contributed by atoms with Crippen LogP contribution in [-0.4, -0.2) is 26.0 Å². The second-order valence-electron chi connectivity index (χ2n) is 5.73. The molecule has 0 aliphatic carbocycles. The topological polar surface area (TPSA) is 46.2 Å². The standard InChI is InChI=1S/C16H25NO2S/c1-2-3-5-10-16(14-8-6-4-7-9-14)17-15-11-12-20(18,19)13-15/h4,6-9,15-17H,2-3,5,10-13H2,1H3. The van der Waals surface area contributed by atoms with Crippen LogP contribution in [0.15, 0.2) is 30.3 Å². The summed E-state index contributed by atoms with van der Waals surface area (Å²) in [6, 6.07) is 10.8. The SMILES string of the molecule is CCCCCC(NC1CCS(=O)(=O)C1)c1ccccc1. The highest BCUT2D eigenvalue weighted by Gasteiger charge is 2.29. The molecule has 112 valence electrons. The van der Waals surface area contributed by atoms with Crippen LogP contribution < -0.4 is 5.32 Å². The van der Waals surface area contributed by atoms with Gasteiger partial charge in [-0.1, -0.05) is 56.5 Å². The molecule has 1 saturated heterocycles. The van der Waals surface area contributed by atoms with Crippen molar-refractivity contribution in [3.63, 3.8) is 0 Å². The highest BCUT2D eigenvalue weighted by atomic mass is 32.2. The molecule has 1 aromatic rings. The van der Waals surface area contributed by atoms with Crippen LogP contribution in [0.4, 0.5) is 0 Å². The molecule has 2 rings (SSSR count). The van der Waals surface area contributed by atoms with Gasteiger partial charge < -0.3 is 5.32 Å². The average molecular weight is 295 g/mol. The second kappa shape index (κ2) is 7.23. The van der Waals surface area contributed by atoms with E-state index in [0.29, 0.717) is 11.5 Å². The Hall–Kier alpha value is -0.870. The lowest BCUT2D eigenvalue weighted by molar-refractivity contribution is 0.423. The third-order valence-corrected chi connectivity index (χ3v) is 5.74. The molecule has 0 saturated carbocycles. The van der Waals surface area contributed by atoms with Crippen LogP contribution in [0.1, 0.15) is 50.6 Å². The van der Waals surface area contributed by atoms with Gasteiger partial charge >= 0.3 is 0 Å². The lowest BCUT2D eigenvalue weighted by Crippen LogP contribution is -2.33. The minimum absolute atomic E-state index is 0.117. The van der Waals surface area contributed by atoms with Crippen LogP contribution in [0, 0.1) is 0 Å². The summed E-state index contributed by atoms with van der Waals surface area (Å²) < 4.78 is 23.2. The smallest absolute Gasteiger partial charge is 0.151 e. The molecule has 2 unspecified atom stereocenters. The molecule has 4 heteroatoms. The summed E-state index contributed by atoms with van der Waals surface area (Å²) in [7, 11) is -2.81. The van der Waals surface area contributed by atoms with E-state index in [9.17, 15) is 8.42 Å². The number of nitrogens with one attached hydrogen (secondary N) is 1. The molecule has 1 N–H and O–H groups in total. The van der Waals surface area contributed by atoms with Gasteiger partial charge in [-0.2, -0.15) is 0 Å². The highest BCUT2D eigenvalue weighted by molar-refractivity contribution is 7.91. The molecule has 0 radical (unpaired) electrons. The van der Waals surface area contributed by atoms with Crippen molar-refractivity contribution >= 4 is 9.84 Å². The van der Waals surface area contributed by atoms with Crippen LogP contribution in [0.5, 0.6) is 0 Å².